The van der Waals surface area contributed by atoms with Crippen LogP contribution in [0.4, 0.5) is 10.5 Å². The van der Waals surface area contributed by atoms with Crippen LogP contribution >= 0.6 is 0 Å². The summed E-state index contributed by atoms with van der Waals surface area (Å²) in [7, 11) is 0. The predicted molar refractivity (Wildman–Crippen MR) is 85.5 cm³/mol. The van der Waals surface area contributed by atoms with Crippen LogP contribution in [-0.2, 0) is 0 Å². The molecule has 116 valence electrons. The minimum Gasteiger partial charge on any atom is -0.396 e. The smallest absolute Gasteiger partial charge is 0.319 e. The first kappa shape index (κ1) is 15.8. The Balaban J connectivity index is 1.79. The average Bonchev–Trinajstić information content (AvgIpc) is 2.48. The lowest BCUT2D eigenvalue weighted by Crippen LogP contribution is -2.40. The van der Waals surface area contributed by atoms with Crippen LogP contribution in [0.25, 0.3) is 0 Å². The third-order valence-electron chi connectivity index (χ3n) is 4.28. The molecule has 2 amide bonds. The zero-order chi connectivity index (χ0) is 15.2. The molecule has 0 aliphatic heterocycles. The molecule has 0 radical (unpaired) electrons. The number of aliphatic hydroxyl groups excluding tert-OH is 1. The van der Waals surface area contributed by atoms with Crippen LogP contribution in [0.2, 0.25) is 0 Å². The number of carbonyl (C=O) groups excluding carboxylic acids is 1. The van der Waals surface area contributed by atoms with Gasteiger partial charge in [0.05, 0.1) is 0 Å². The molecule has 21 heavy (non-hydrogen) atoms. The summed E-state index contributed by atoms with van der Waals surface area (Å²) in [4.78, 5) is 12.0. The van der Waals surface area contributed by atoms with Crippen LogP contribution in [0, 0.1) is 5.92 Å². The summed E-state index contributed by atoms with van der Waals surface area (Å²) in [6, 6.07) is 8.07. The fraction of sp³-hybridized carbons (Fsp3) is 0.588. The van der Waals surface area contributed by atoms with Crippen LogP contribution in [0.15, 0.2) is 24.3 Å². The molecule has 4 heteroatoms. The first-order valence-corrected chi connectivity index (χ1v) is 7.87. The summed E-state index contributed by atoms with van der Waals surface area (Å²) in [6.45, 7) is 4.57. The number of nitrogens with one attached hydrogen (secondary N) is 2. The molecule has 3 N–H and O–H groups in total. The van der Waals surface area contributed by atoms with Crippen LogP contribution in [0.1, 0.15) is 51.0 Å². The van der Waals surface area contributed by atoms with Gasteiger partial charge in [0, 0.05) is 18.3 Å². The van der Waals surface area contributed by atoms with E-state index in [1.807, 2.05) is 24.3 Å². The molecule has 1 aliphatic carbocycles. The predicted octanol–water partition coefficient (Wildman–Crippen LogP) is 3.48. The second-order valence-corrected chi connectivity index (χ2v) is 6.28. The van der Waals surface area contributed by atoms with Gasteiger partial charge >= 0.3 is 6.03 Å². The normalized spacial score (nSPS) is 22.1. The van der Waals surface area contributed by atoms with Crippen molar-refractivity contribution in [2.75, 3.05) is 11.9 Å². The van der Waals surface area contributed by atoms with E-state index in [0.717, 1.165) is 31.4 Å². The Morgan fingerprint density at radius 1 is 1.19 bits per heavy atom. The second kappa shape index (κ2) is 7.46. The van der Waals surface area contributed by atoms with Crippen molar-refractivity contribution in [2.45, 2.75) is 51.5 Å². The van der Waals surface area contributed by atoms with E-state index >= 15 is 0 Å². The molecule has 0 spiro atoms. The number of hydrogen-bond donors (Lipinski definition) is 3. The molecule has 1 aromatic rings. The molecule has 0 unspecified atom stereocenters. The van der Waals surface area contributed by atoms with Gasteiger partial charge in [-0.2, -0.15) is 0 Å². The molecule has 1 aromatic carbocycles. The van der Waals surface area contributed by atoms with Crippen LogP contribution in [0.3, 0.4) is 0 Å². The number of carbonyl (C=O) groups is 1. The Kier molecular flexibility index (Phi) is 5.62. The molecule has 0 saturated heterocycles. The van der Waals surface area contributed by atoms with Gasteiger partial charge in [-0.25, -0.2) is 4.79 Å². The van der Waals surface area contributed by atoms with E-state index in [9.17, 15) is 4.79 Å². The van der Waals surface area contributed by atoms with E-state index in [0.29, 0.717) is 11.8 Å². The Morgan fingerprint density at radius 2 is 1.81 bits per heavy atom. The van der Waals surface area contributed by atoms with Crippen molar-refractivity contribution in [1.29, 1.82) is 0 Å². The Labute approximate surface area is 126 Å². The lowest BCUT2D eigenvalue weighted by molar-refractivity contribution is 0.176. The third kappa shape index (κ3) is 4.74. The standard InChI is InChI=1S/C17H26N2O2/c1-12(2)14-5-9-16(10-6-14)19-17(21)18-15-7-3-13(11-20)4-8-15/h5-6,9-10,12-13,15,20H,3-4,7-8,11H2,1-2H3,(H2,18,19,21). The topological polar surface area (TPSA) is 61.4 Å². The van der Waals surface area contributed by atoms with Gasteiger partial charge in [-0.15, -0.1) is 0 Å². The first-order chi connectivity index (χ1) is 10.1. The highest BCUT2D eigenvalue weighted by Gasteiger charge is 2.21. The summed E-state index contributed by atoms with van der Waals surface area (Å²) in [6.07, 6.45) is 3.88. The van der Waals surface area contributed by atoms with Crippen LogP contribution in [-0.4, -0.2) is 23.8 Å². The molecule has 0 aromatic heterocycles. The molecule has 4 nitrogen and oxygen atoms in total. The van der Waals surface area contributed by atoms with Crippen LogP contribution in [0.5, 0.6) is 0 Å². The highest BCUT2D eigenvalue weighted by molar-refractivity contribution is 5.89. The third-order valence-corrected chi connectivity index (χ3v) is 4.28. The SMILES string of the molecule is CC(C)c1ccc(NC(=O)NC2CCC(CO)CC2)cc1. The minimum atomic E-state index is -0.139. The maximum absolute atomic E-state index is 12.0. The number of hydrogen-bond acceptors (Lipinski definition) is 2. The average molecular weight is 290 g/mol. The summed E-state index contributed by atoms with van der Waals surface area (Å²) >= 11 is 0. The summed E-state index contributed by atoms with van der Waals surface area (Å²) in [5.41, 5.74) is 2.09. The number of benzene rings is 1. The molecular formula is C17H26N2O2. The number of urea groups is 1. The number of amides is 2. The van der Waals surface area contributed by atoms with Crippen molar-refractivity contribution in [3.05, 3.63) is 29.8 Å². The van der Waals surface area contributed by atoms with Gasteiger partial charge in [-0.05, 0) is 55.2 Å². The highest BCUT2D eigenvalue weighted by atomic mass is 16.3. The summed E-state index contributed by atoms with van der Waals surface area (Å²) in [5.74, 6) is 0.907. The first-order valence-electron chi connectivity index (χ1n) is 7.87. The number of rotatable bonds is 4. The Morgan fingerprint density at radius 3 is 2.33 bits per heavy atom. The fourth-order valence-corrected chi connectivity index (χ4v) is 2.79. The molecular weight excluding hydrogens is 264 g/mol. The van der Waals surface area contributed by atoms with Gasteiger partial charge in [0.15, 0.2) is 0 Å². The number of aliphatic hydroxyl groups is 1. The van der Waals surface area contributed by atoms with Gasteiger partial charge in [-0.3, -0.25) is 0 Å². The quantitative estimate of drug-likeness (QED) is 0.795. The fourth-order valence-electron chi connectivity index (χ4n) is 2.79. The van der Waals surface area contributed by atoms with Crippen molar-refractivity contribution in [1.82, 2.24) is 5.32 Å². The van der Waals surface area contributed by atoms with E-state index in [1.54, 1.807) is 0 Å². The largest absolute Gasteiger partial charge is 0.396 e. The van der Waals surface area contributed by atoms with Gasteiger partial charge in [0.2, 0.25) is 0 Å². The molecule has 1 aliphatic rings. The van der Waals surface area contributed by atoms with E-state index < -0.39 is 0 Å². The van der Waals surface area contributed by atoms with Crippen molar-refractivity contribution in [3.8, 4) is 0 Å². The minimum absolute atomic E-state index is 0.139. The lowest BCUT2D eigenvalue weighted by atomic mass is 9.87. The van der Waals surface area contributed by atoms with Crippen molar-refractivity contribution >= 4 is 11.7 Å². The molecule has 0 heterocycles. The molecule has 1 fully saturated rings. The van der Waals surface area contributed by atoms with E-state index in [-0.39, 0.29) is 18.7 Å². The molecule has 2 rings (SSSR count). The van der Waals surface area contributed by atoms with Crippen molar-refractivity contribution in [2.24, 2.45) is 5.92 Å². The zero-order valence-electron chi connectivity index (χ0n) is 12.9. The Bertz CT molecular complexity index is 448. The van der Waals surface area contributed by atoms with Gasteiger partial charge in [0.1, 0.15) is 0 Å². The van der Waals surface area contributed by atoms with E-state index in [1.165, 1.54) is 5.56 Å². The van der Waals surface area contributed by atoms with Gasteiger partial charge in [0.25, 0.3) is 0 Å². The molecule has 0 atom stereocenters. The summed E-state index contributed by atoms with van der Waals surface area (Å²) < 4.78 is 0. The lowest BCUT2D eigenvalue weighted by Gasteiger charge is -2.27. The van der Waals surface area contributed by atoms with E-state index in [2.05, 4.69) is 24.5 Å². The summed E-state index contributed by atoms with van der Waals surface area (Å²) in [5, 5.41) is 15.0. The Hall–Kier alpha value is -1.55. The van der Waals surface area contributed by atoms with Crippen LogP contribution < -0.4 is 10.6 Å². The molecule has 0 bridgehead atoms. The number of anilines is 1. The molecule has 1 saturated carbocycles. The van der Waals surface area contributed by atoms with E-state index in [4.69, 9.17) is 5.11 Å². The van der Waals surface area contributed by atoms with Gasteiger partial charge < -0.3 is 15.7 Å². The monoisotopic (exact) mass is 290 g/mol. The van der Waals surface area contributed by atoms with Gasteiger partial charge in [-0.1, -0.05) is 26.0 Å². The maximum Gasteiger partial charge on any atom is 0.319 e. The maximum atomic E-state index is 12.0. The highest BCUT2D eigenvalue weighted by Crippen LogP contribution is 2.23. The second-order valence-electron chi connectivity index (χ2n) is 6.28. The van der Waals surface area contributed by atoms with Crippen molar-refractivity contribution < 1.29 is 9.90 Å². The van der Waals surface area contributed by atoms with Crippen molar-refractivity contribution in [3.63, 3.8) is 0 Å². The zero-order valence-corrected chi connectivity index (χ0v) is 12.9.